The van der Waals surface area contributed by atoms with Crippen LogP contribution in [-0.2, 0) is 24.8 Å². The van der Waals surface area contributed by atoms with Crippen LogP contribution in [0.4, 0.5) is 5.69 Å². The SMILES string of the molecule is COC(=O)c1ccc(N(S(C)(=O)=O)S(C)(=O)=O)cc1Br. The van der Waals surface area contributed by atoms with E-state index in [1.54, 1.807) is 0 Å². The van der Waals surface area contributed by atoms with Crippen molar-refractivity contribution in [3.8, 4) is 0 Å². The van der Waals surface area contributed by atoms with Crippen LogP contribution in [0.2, 0.25) is 0 Å². The van der Waals surface area contributed by atoms with Gasteiger partial charge in [0.2, 0.25) is 20.0 Å². The quantitative estimate of drug-likeness (QED) is 0.715. The number of methoxy groups -OCH3 is 1. The van der Waals surface area contributed by atoms with E-state index < -0.39 is 26.0 Å². The molecule has 0 spiro atoms. The van der Waals surface area contributed by atoms with E-state index in [2.05, 4.69) is 20.7 Å². The average molecular weight is 386 g/mol. The van der Waals surface area contributed by atoms with Crippen molar-refractivity contribution in [1.29, 1.82) is 0 Å². The molecule has 0 unspecified atom stereocenters. The number of halogens is 1. The Balaban J connectivity index is 3.47. The van der Waals surface area contributed by atoms with Gasteiger partial charge in [-0.1, -0.05) is 0 Å². The first-order chi connectivity index (χ1) is 8.98. The summed E-state index contributed by atoms with van der Waals surface area (Å²) in [6, 6.07) is 3.70. The van der Waals surface area contributed by atoms with Crippen LogP contribution in [0.15, 0.2) is 22.7 Å². The lowest BCUT2D eigenvalue weighted by atomic mass is 10.2. The molecule has 7 nitrogen and oxygen atoms in total. The van der Waals surface area contributed by atoms with Crippen LogP contribution < -0.4 is 3.71 Å². The van der Waals surface area contributed by atoms with Gasteiger partial charge >= 0.3 is 5.97 Å². The number of carbonyl (C=O) groups excluding carboxylic acids is 1. The fraction of sp³-hybridized carbons (Fsp3) is 0.300. The predicted octanol–water partition coefficient (Wildman–Crippen LogP) is 0.961. The maximum atomic E-state index is 11.6. The largest absolute Gasteiger partial charge is 0.465 e. The lowest BCUT2D eigenvalue weighted by Crippen LogP contribution is -2.35. The Morgan fingerprint density at radius 1 is 1.15 bits per heavy atom. The monoisotopic (exact) mass is 385 g/mol. The molecule has 1 aromatic rings. The second kappa shape index (κ2) is 5.70. The van der Waals surface area contributed by atoms with Gasteiger partial charge in [0.05, 0.1) is 30.9 Å². The number of hydrogen-bond donors (Lipinski definition) is 0. The van der Waals surface area contributed by atoms with E-state index in [0.29, 0.717) is 0 Å². The Kier molecular flexibility index (Phi) is 4.82. The third kappa shape index (κ3) is 3.70. The van der Waals surface area contributed by atoms with Gasteiger partial charge in [-0.3, -0.25) is 0 Å². The lowest BCUT2D eigenvalue weighted by molar-refractivity contribution is 0.0599. The van der Waals surface area contributed by atoms with Gasteiger partial charge in [0.25, 0.3) is 0 Å². The number of sulfonamides is 2. The van der Waals surface area contributed by atoms with E-state index in [0.717, 1.165) is 12.5 Å². The van der Waals surface area contributed by atoms with Crippen LogP contribution in [0.5, 0.6) is 0 Å². The van der Waals surface area contributed by atoms with Gasteiger partial charge in [0.15, 0.2) is 0 Å². The molecule has 0 radical (unpaired) electrons. The molecule has 0 saturated carbocycles. The van der Waals surface area contributed by atoms with Crippen LogP contribution in [0.3, 0.4) is 0 Å². The third-order valence-electron chi connectivity index (χ3n) is 2.17. The van der Waals surface area contributed by atoms with Crippen molar-refractivity contribution in [2.75, 3.05) is 23.3 Å². The van der Waals surface area contributed by atoms with Gasteiger partial charge in [-0.15, -0.1) is 0 Å². The molecule has 20 heavy (non-hydrogen) atoms. The van der Waals surface area contributed by atoms with Crippen molar-refractivity contribution < 1.29 is 26.4 Å². The number of carbonyl (C=O) groups is 1. The fourth-order valence-electron chi connectivity index (χ4n) is 1.52. The van der Waals surface area contributed by atoms with E-state index in [9.17, 15) is 21.6 Å². The molecule has 10 heteroatoms. The van der Waals surface area contributed by atoms with Crippen molar-refractivity contribution in [1.82, 2.24) is 0 Å². The van der Waals surface area contributed by atoms with Crippen LogP contribution in [0.1, 0.15) is 10.4 Å². The van der Waals surface area contributed by atoms with E-state index in [1.165, 1.54) is 25.3 Å². The van der Waals surface area contributed by atoms with Crippen LogP contribution in [0, 0.1) is 0 Å². The summed E-state index contributed by atoms with van der Waals surface area (Å²) in [5.41, 5.74) is 0.0488. The van der Waals surface area contributed by atoms with Gasteiger partial charge < -0.3 is 4.74 Å². The first kappa shape index (κ1) is 16.9. The molecule has 0 amide bonds. The Bertz CT molecular complexity index is 709. The van der Waals surface area contributed by atoms with Crippen molar-refractivity contribution in [3.63, 3.8) is 0 Å². The molecule has 0 atom stereocenters. The van der Waals surface area contributed by atoms with E-state index in [4.69, 9.17) is 0 Å². The summed E-state index contributed by atoms with van der Waals surface area (Å²) < 4.78 is 51.5. The number of benzene rings is 1. The number of nitrogens with zero attached hydrogens (tertiary/aromatic N) is 1. The van der Waals surface area contributed by atoms with Gasteiger partial charge in [0.1, 0.15) is 0 Å². The molecule has 1 aromatic carbocycles. The van der Waals surface area contributed by atoms with E-state index >= 15 is 0 Å². The number of hydrogen-bond acceptors (Lipinski definition) is 6. The molecule has 0 aliphatic rings. The number of esters is 1. The van der Waals surface area contributed by atoms with E-state index in [1.807, 2.05) is 0 Å². The molecular formula is C10H12BrNO6S2. The zero-order valence-electron chi connectivity index (χ0n) is 10.8. The molecule has 0 aromatic heterocycles. The van der Waals surface area contributed by atoms with E-state index in [-0.39, 0.29) is 19.4 Å². The highest BCUT2D eigenvalue weighted by atomic mass is 79.9. The highest BCUT2D eigenvalue weighted by Gasteiger charge is 2.28. The summed E-state index contributed by atoms with van der Waals surface area (Å²) in [6.07, 6.45) is 1.55. The Hall–Kier alpha value is -1.13. The molecule has 0 heterocycles. The average Bonchev–Trinajstić information content (AvgIpc) is 2.24. The molecule has 112 valence electrons. The summed E-state index contributed by atoms with van der Waals surface area (Å²) >= 11 is 3.07. The molecule has 0 fully saturated rings. The minimum absolute atomic E-state index is 0.102. The van der Waals surface area contributed by atoms with Gasteiger partial charge in [0, 0.05) is 4.47 Å². The molecule has 0 aliphatic heterocycles. The highest BCUT2D eigenvalue weighted by molar-refractivity contribution is 9.10. The standard InChI is InChI=1S/C10H12BrNO6S2/c1-18-10(13)8-5-4-7(6-9(8)11)12(19(2,14)15)20(3,16)17/h4-6H,1-3H3. The van der Waals surface area contributed by atoms with Crippen molar-refractivity contribution in [3.05, 3.63) is 28.2 Å². The lowest BCUT2D eigenvalue weighted by Gasteiger charge is -2.20. The zero-order valence-corrected chi connectivity index (χ0v) is 14.0. The van der Waals surface area contributed by atoms with Crippen molar-refractivity contribution >= 4 is 47.6 Å². The highest BCUT2D eigenvalue weighted by Crippen LogP contribution is 2.27. The van der Waals surface area contributed by atoms with Crippen LogP contribution >= 0.6 is 15.9 Å². The third-order valence-corrected chi connectivity index (χ3v) is 6.08. The summed E-state index contributed by atoms with van der Waals surface area (Å²) in [6.45, 7) is 0. The summed E-state index contributed by atoms with van der Waals surface area (Å²) in [4.78, 5) is 11.4. The summed E-state index contributed by atoms with van der Waals surface area (Å²) in [5.74, 6) is -0.631. The van der Waals surface area contributed by atoms with Crippen LogP contribution in [-0.4, -0.2) is 42.4 Å². The first-order valence-corrected chi connectivity index (χ1v) is 9.56. The summed E-state index contributed by atoms with van der Waals surface area (Å²) in [5, 5.41) is 0. The predicted molar refractivity (Wildman–Crippen MR) is 77.6 cm³/mol. The second-order valence-electron chi connectivity index (χ2n) is 3.88. The minimum Gasteiger partial charge on any atom is -0.465 e. The van der Waals surface area contributed by atoms with Gasteiger partial charge in [-0.25, -0.2) is 21.6 Å². The Morgan fingerprint density at radius 2 is 1.65 bits per heavy atom. The molecule has 0 saturated heterocycles. The maximum absolute atomic E-state index is 11.6. The molecule has 0 N–H and O–H groups in total. The van der Waals surface area contributed by atoms with Crippen molar-refractivity contribution in [2.24, 2.45) is 0 Å². The molecular weight excluding hydrogens is 374 g/mol. The molecule has 0 bridgehead atoms. The number of anilines is 1. The number of ether oxygens (including phenoxy) is 1. The second-order valence-corrected chi connectivity index (χ2v) is 8.63. The molecule has 1 rings (SSSR count). The number of rotatable bonds is 4. The van der Waals surface area contributed by atoms with Gasteiger partial charge in [-0.05, 0) is 34.1 Å². The summed E-state index contributed by atoms with van der Waals surface area (Å²) in [7, 11) is -6.85. The zero-order chi connectivity index (χ0) is 15.7. The molecule has 0 aliphatic carbocycles. The fourth-order valence-corrected chi connectivity index (χ4v) is 5.01. The normalized spacial score (nSPS) is 12.0. The minimum atomic E-state index is -4.02. The topological polar surface area (TPSA) is 97.8 Å². The Labute approximate surface area is 125 Å². The Morgan fingerprint density at radius 3 is 2.00 bits per heavy atom. The first-order valence-electron chi connectivity index (χ1n) is 5.07. The van der Waals surface area contributed by atoms with Crippen molar-refractivity contribution in [2.45, 2.75) is 0 Å². The van der Waals surface area contributed by atoms with Crippen LogP contribution in [0.25, 0.3) is 0 Å². The smallest absolute Gasteiger partial charge is 0.339 e. The maximum Gasteiger partial charge on any atom is 0.339 e. The van der Waals surface area contributed by atoms with Gasteiger partial charge in [-0.2, -0.15) is 3.71 Å².